The summed E-state index contributed by atoms with van der Waals surface area (Å²) in [6, 6.07) is 19.6. The van der Waals surface area contributed by atoms with Gasteiger partial charge in [0.1, 0.15) is 74.4 Å². The molecule has 3 heterocycles. The molecule has 2 aromatic carbocycles. The molecule has 3 saturated heterocycles. The molecule has 436 valence electrons. The number of ether oxygens (including phenoxy) is 13. The van der Waals surface area contributed by atoms with Crippen molar-refractivity contribution in [3.05, 3.63) is 60.7 Å². The van der Waals surface area contributed by atoms with E-state index in [2.05, 4.69) is 19.0 Å². The number of unbranched alkanes of at least 4 members (excludes halogenated alkanes) is 3. The molecule has 6 atom stereocenters. The first-order valence-electron chi connectivity index (χ1n) is 25.6. The SMILES string of the molecule is C(CCOCC1CO1)COCC1CO1.CN(C)CCOc1ccccc1.CO.COCC(O)COCCCCOCC(O)C[N+](C)(C)CCOc1ccccc1.COCC(O)COCCCCOCC1CO1.[Na+].[Na+].[OH-].[OH-]. The number of benzene rings is 2. The monoisotopic (exact) mass is 1110 g/mol. The average molecular weight is 1110 g/mol. The van der Waals surface area contributed by atoms with Crippen molar-refractivity contribution in [2.75, 3.05) is 195 Å². The standard InChI is InChI=1S/C21H38NO6.C11H22O5.C10H15NO.C10H18O4.CH4O.2Na.2H2O/c1-22(2,11-14-28-21-9-5-4-6-10-21)15-19(23)17-26-12-7-8-13-27-18-20(24)16-25-3;1-13-6-10(12)7-14-4-2-3-5-15-8-11-9-16-11;1-11(2)8-9-12-10-6-4-3-5-7-10;1(3-11-5-9-7-13-9)2-4-12-6-10-8-14-10;1-2;;;;/h4-6,9-10,19-20,23-24H,7-8,11-18H2,1-3H3;10-12H,2-9H2,1H3;3-7H,8-9H2,1-2H3;9-10H,1-8H2;2H,1H3;;;2*1H2/q+1;;;;;2*+1;;/p-2. The van der Waals surface area contributed by atoms with Gasteiger partial charge in [-0.25, -0.2) is 0 Å². The summed E-state index contributed by atoms with van der Waals surface area (Å²) in [5, 5.41) is 35.9. The molecular weight excluding hydrogens is 1010 g/mol. The summed E-state index contributed by atoms with van der Waals surface area (Å²) < 4.78 is 68.9. The van der Waals surface area contributed by atoms with Gasteiger partial charge < -0.3 is 102 Å². The van der Waals surface area contributed by atoms with Crippen molar-refractivity contribution in [2.45, 2.75) is 75.1 Å². The fourth-order valence-electron chi connectivity index (χ4n) is 6.01. The molecule has 23 heteroatoms. The number of aliphatic hydroxyl groups is 4. The van der Waals surface area contributed by atoms with Gasteiger partial charge in [-0.3, -0.25) is 0 Å². The molecule has 0 saturated carbocycles. The number of methoxy groups -OCH3 is 2. The Balaban J connectivity index is -0.000000465. The van der Waals surface area contributed by atoms with Crippen molar-refractivity contribution < 1.29 is 157 Å². The number of likely N-dealkylation sites (N-methyl/N-ethyl adjacent to an activating group) is 2. The first-order chi connectivity index (χ1) is 35.0. The predicted molar refractivity (Wildman–Crippen MR) is 280 cm³/mol. The van der Waals surface area contributed by atoms with Gasteiger partial charge in [-0.2, -0.15) is 0 Å². The molecule has 3 aliphatic heterocycles. The molecule has 76 heavy (non-hydrogen) atoms. The number of para-hydroxylation sites is 2. The minimum absolute atomic E-state index is 0. The Hall–Kier alpha value is -0.720. The van der Waals surface area contributed by atoms with E-state index in [-0.39, 0.29) is 83.3 Å². The van der Waals surface area contributed by atoms with Crippen LogP contribution < -0.4 is 68.6 Å². The zero-order valence-corrected chi connectivity index (χ0v) is 51.9. The van der Waals surface area contributed by atoms with Crippen molar-refractivity contribution in [1.82, 2.24) is 4.90 Å². The normalized spacial score (nSPS) is 16.7. The maximum absolute atomic E-state index is 10.2. The number of epoxide rings is 3. The number of quaternary nitrogens is 1. The second-order valence-electron chi connectivity index (χ2n) is 18.3. The molecule has 5 rings (SSSR count). The molecule has 21 nitrogen and oxygen atoms in total. The molecule has 0 radical (unpaired) electrons. The van der Waals surface area contributed by atoms with Crippen LogP contribution in [0.3, 0.4) is 0 Å². The van der Waals surface area contributed by atoms with Gasteiger partial charge in [-0.05, 0) is 76.9 Å². The van der Waals surface area contributed by atoms with Crippen LogP contribution in [-0.2, 0) is 52.1 Å². The third kappa shape index (κ3) is 58.0. The van der Waals surface area contributed by atoms with E-state index in [4.69, 9.17) is 66.7 Å². The van der Waals surface area contributed by atoms with Crippen LogP contribution >= 0.6 is 0 Å². The molecule has 2 aromatic rings. The number of hydrogen-bond acceptors (Lipinski definition) is 20. The first kappa shape index (κ1) is 81.8. The summed E-state index contributed by atoms with van der Waals surface area (Å²) in [5.41, 5.74) is 0. The molecule has 0 aliphatic carbocycles. The Morgan fingerprint density at radius 3 is 1.13 bits per heavy atom. The molecule has 0 bridgehead atoms. The average Bonchev–Trinajstić information content (AvgIpc) is 4.21. The molecule has 3 aliphatic rings. The fraction of sp³-hybridized carbons (Fsp3) is 0.774. The first-order valence-corrected chi connectivity index (χ1v) is 25.6. The molecule has 0 amide bonds. The number of rotatable bonds is 41. The van der Waals surface area contributed by atoms with Crippen molar-refractivity contribution >= 4 is 0 Å². The van der Waals surface area contributed by atoms with Crippen LogP contribution in [0.15, 0.2) is 60.7 Å². The zero-order valence-electron chi connectivity index (χ0n) is 47.9. The summed E-state index contributed by atoms with van der Waals surface area (Å²) >= 11 is 0. The van der Waals surface area contributed by atoms with Crippen molar-refractivity contribution in [3.63, 3.8) is 0 Å². The van der Waals surface area contributed by atoms with Crippen molar-refractivity contribution in [2.24, 2.45) is 0 Å². The molecule has 0 aromatic heterocycles. The smallest absolute Gasteiger partial charge is 0.870 e. The molecular formula is C53H99N2Na2O19+. The zero-order chi connectivity index (χ0) is 52.8. The molecule has 0 spiro atoms. The van der Waals surface area contributed by atoms with Crippen LogP contribution in [0.25, 0.3) is 0 Å². The maximum atomic E-state index is 10.2. The number of hydrogen-bond donors (Lipinski definition) is 4. The minimum atomic E-state index is -0.573. The Morgan fingerprint density at radius 2 is 0.816 bits per heavy atom. The van der Waals surface area contributed by atoms with Gasteiger partial charge in [0.25, 0.3) is 0 Å². The molecule has 6 unspecified atom stereocenters. The fourth-order valence-corrected chi connectivity index (χ4v) is 6.01. The predicted octanol–water partition coefficient (Wildman–Crippen LogP) is -2.98. The van der Waals surface area contributed by atoms with Crippen LogP contribution in [-0.4, -0.2) is 272 Å². The van der Waals surface area contributed by atoms with E-state index in [1.807, 2.05) is 74.8 Å². The van der Waals surface area contributed by atoms with E-state index in [9.17, 15) is 15.3 Å². The maximum Gasteiger partial charge on any atom is 1.00 e. The van der Waals surface area contributed by atoms with Gasteiger partial charge in [-0.15, -0.1) is 0 Å². The number of nitrogens with zero attached hydrogens (tertiary/aromatic N) is 2. The Labute approximate surface area is 500 Å². The van der Waals surface area contributed by atoms with Crippen molar-refractivity contribution in [3.8, 4) is 11.5 Å². The Kier molecular flexibility index (Phi) is 61.9. The Morgan fingerprint density at radius 1 is 0.500 bits per heavy atom. The number of aliphatic hydroxyl groups excluding tert-OH is 4. The van der Waals surface area contributed by atoms with Gasteiger partial charge in [-0.1, -0.05) is 36.4 Å². The van der Waals surface area contributed by atoms with E-state index in [0.29, 0.717) is 82.2 Å². The van der Waals surface area contributed by atoms with Crippen LogP contribution in [0.5, 0.6) is 11.5 Å². The van der Waals surface area contributed by atoms with Gasteiger partial charge in [0.2, 0.25) is 0 Å². The van der Waals surface area contributed by atoms with E-state index >= 15 is 0 Å². The summed E-state index contributed by atoms with van der Waals surface area (Å²) in [5.74, 6) is 1.81. The second-order valence-corrected chi connectivity index (χ2v) is 18.3. The third-order valence-corrected chi connectivity index (χ3v) is 10.2. The Bertz CT molecular complexity index is 1410. The quantitative estimate of drug-likeness (QED) is 0.0224. The summed E-state index contributed by atoms with van der Waals surface area (Å²) in [6.45, 7) is 14.3. The van der Waals surface area contributed by atoms with Crippen molar-refractivity contribution in [1.29, 1.82) is 0 Å². The largest absolute Gasteiger partial charge is 1.00 e. The topological polar surface area (TPSA) is 274 Å². The van der Waals surface area contributed by atoms with E-state index < -0.39 is 18.3 Å². The summed E-state index contributed by atoms with van der Waals surface area (Å²) in [4.78, 5) is 2.10. The van der Waals surface area contributed by atoms with Gasteiger partial charge in [0.15, 0.2) is 0 Å². The van der Waals surface area contributed by atoms with Gasteiger partial charge >= 0.3 is 59.1 Å². The van der Waals surface area contributed by atoms with E-state index in [1.54, 1.807) is 14.2 Å². The third-order valence-electron chi connectivity index (χ3n) is 10.2. The van der Waals surface area contributed by atoms with E-state index in [1.165, 1.54) is 0 Å². The molecule has 3 fully saturated rings. The van der Waals surface area contributed by atoms with Crippen LogP contribution in [0.1, 0.15) is 38.5 Å². The van der Waals surface area contributed by atoms with Crippen LogP contribution in [0, 0.1) is 0 Å². The minimum Gasteiger partial charge on any atom is -0.870 e. The van der Waals surface area contributed by atoms with E-state index in [0.717, 1.165) is 130 Å². The second kappa shape index (κ2) is 57.5. The van der Waals surface area contributed by atoms with Gasteiger partial charge in [0, 0.05) is 67.5 Å². The van der Waals surface area contributed by atoms with Crippen LogP contribution in [0.2, 0.25) is 0 Å². The summed E-state index contributed by atoms with van der Waals surface area (Å²) in [7, 11) is 12.3. The molecule has 6 N–H and O–H groups in total. The van der Waals surface area contributed by atoms with Crippen LogP contribution in [0.4, 0.5) is 0 Å². The van der Waals surface area contributed by atoms with Gasteiger partial charge in [0.05, 0.1) is 86.8 Å². The summed E-state index contributed by atoms with van der Waals surface area (Å²) in [6.07, 6.45) is 5.30.